The average molecular weight is 699 g/mol. The van der Waals surface area contributed by atoms with Crippen LogP contribution >= 0.6 is 23.5 Å². The number of aliphatic hydroxyl groups is 14. The molecule has 45 heavy (non-hydrogen) atoms. The molecule has 14 N–H and O–H groups in total. The van der Waals surface area contributed by atoms with E-state index in [0.29, 0.717) is 23.5 Å². The van der Waals surface area contributed by atoms with Gasteiger partial charge in [0.15, 0.2) is 12.6 Å². The highest BCUT2D eigenvalue weighted by atomic mass is 32.2. The van der Waals surface area contributed by atoms with E-state index in [1.165, 1.54) is 0 Å². The maximum absolute atomic E-state index is 11.0. The summed E-state index contributed by atoms with van der Waals surface area (Å²) < 4.78 is 27.4. The molecule has 0 unspecified atom stereocenters. The molecule has 21 heteroatoms. The van der Waals surface area contributed by atoms with Crippen LogP contribution in [0.25, 0.3) is 0 Å². The Kier molecular flexibility index (Phi) is 13.5. The van der Waals surface area contributed by atoms with Crippen molar-refractivity contribution in [2.45, 2.75) is 119 Å². The van der Waals surface area contributed by atoms with Gasteiger partial charge in [-0.15, -0.1) is 23.5 Å². The third-order valence-electron chi connectivity index (χ3n) is 8.20. The Labute approximate surface area is 264 Å². The van der Waals surface area contributed by atoms with Gasteiger partial charge < -0.3 is 95.2 Å². The maximum Gasteiger partial charge on any atom is 0.187 e. The number of rotatable bonds is 10. The number of ether oxygens (including phenoxy) is 5. The van der Waals surface area contributed by atoms with Crippen molar-refractivity contribution in [1.82, 2.24) is 0 Å². The molecule has 4 rings (SSSR count). The Morgan fingerprint density at radius 1 is 0.422 bits per heavy atom. The topological polar surface area (TPSA) is 329 Å². The first-order chi connectivity index (χ1) is 21.3. The van der Waals surface area contributed by atoms with Gasteiger partial charge in [0.1, 0.15) is 71.9 Å². The molecule has 4 aliphatic heterocycles. The normalized spacial score (nSPS) is 52.9. The zero-order chi connectivity index (χ0) is 33.3. The van der Waals surface area contributed by atoms with Crippen LogP contribution in [0.3, 0.4) is 0 Å². The highest BCUT2D eigenvalue weighted by molar-refractivity contribution is 8.01. The molecule has 19 nitrogen and oxygen atoms in total. The second-order valence-corrected chi connectivity index (χ2v) is 13.7. The van der Waals surface area contributed by atoms with Crippen LogP contribution in [0.2, 0.25) is 0 Å². The minimum atomic E-state index is -1.88. The largest absolute Gasteiger partial charge is 0.394 e. The van der Waals surface area contributed by atoms with Gasteiger partial charge in [-0.1, -0.05) is 0 Å². The van der Waals surface area contributed by atoms with Gasteiger partial charge in [0.05, 0.1) is 61.3 Å². The van der Waals surface area contributed by atoms with E-state index in [2.05, 4.69) is 0 Å². The third-order valence-corrected chi connectivity index (χ3v) is 11.3. The Bertz CT molecular complexity index is 920. The van der Waals surface area contributed by atoms with Crippen LogP contribution in [0.5, 0.6) is 0 Å². The summed E-state index contributed by atoms with van der Waals surface area (Å²) in [6, 6.07) is 0. The van der Waals surface area contributed by atoms with E-state index in [0.717, 1.165) is 0 Å². The highest BCUT2D eigenvalue weighted by Gasteiger charge is 2.54. The van der Waals surface area contributed by atoms with Crippen molar-refractivity contribution in [1.29, 1.82) is 0 Å². The van der Waals surface area contributed by atoms with E-state index in [1.807, 2.05) is 0 Å². The highest BCUT2D eigenvalue weighted by Crippen LogP contribution is 2.43. The smallest absolute Gasteiger partial charge is 0.187 e. The third kappa shape index (κ3) is 7.74. The molecule has 0 aromatic carbocycles. The molecule has 0 spiro atoms. The lowest BCUT2D eigenvalue weighted by atomic mass is 9.98. The summed E-state index contributed by atoms with van der Waals surface area (Å²) in [4.78, 5) is 0. The zero-order valence-corrected chi connectivity index (χ0v) is 25.1. The number of hydrogen-bond donors (Lipinski definition) is 14. The molecule has 0 aromatic rings. The predicted octanol–water partition coefficient (Wildman–Crippen LogP) is -8.32. The molecule has 4 saturated heterocycles. The van der Waals surface area contributed by atoms with Crippen LogP contribution in [-0.2, 0) is 23.7 Å². The molecule has 0 radical (unpaired) electrons. The molecule has 4 aliphatic rings. The summed E-state index contributed by atoms with van der Waals surface area (Å²) >= 11 is 1.33. The van der Waals surface area contributed by atoms with E-state index in [9.17, 15) is 71.5 Å². The fraction of sp³-hybridized carbons (Fsp3) is 1.00. The lowest BCUT2D eigenvalue weighted by Gasteiger charge is -2.48. The van der Waals surface area contributed by atoms with Gasteiger partial charge in [-0.05, 0) is 0 Å². The summed E-state index contributed by atoms with van der Waals surface area (Å²) in [5.41, 5.74) is -2.72. The predicted molar refractivity (Wildman–Crippen MR) is 147 cm³/mol. The van der Waals surface area contributed by atoms with Gasteiger partial charge in [0.2, 0.25) is 0 Å². The summed E-state index contributed by atoms with van der Waals surface area (Å²) in [6.07, 6.45) is -26.1. The van der Waals surface area contributed by atoms with Crippen LogP contribution in [0, 0.1) is 0 Å². The van der Waals surface area contributed by atoms with Gasteiger partial charge in [-0.25, -0.2) is 0 Å². The first-order valence-electron chi connectivity index (χ1n) is 14.1. The fourth-order valence-corrected chi connectivity index (χ4v) is 8.52. The Morgan fingerprint density at radius 3 is 1.42 bits per heavy atom. The van der Waals surface area contributed by atoms with Crippen LogP contribution in [0.15, 0.2) is 0 Å². The van der Waals surface area contributed by atoms with E-state index >= 15 is 0 Å². The lowest BCUT2D eigenvalue weighted by Crippen LogP contribution is -2.64. The standard InChI is InChI=1S/C24H42O19S2/c25-1-5-9(29)10(30)16(36)23(41-5)45-20-8(4-28)42-24(17(37)13(20)33)44-19-7(3-27)40-22(15(35)12(19)32)43-18-6(2-26)39-21(38)14(34)11(18)31/h5-38H,1-4H2/t5-,6-,7-,8-,9-,10+,11-,12-,13-,14-,15-,16-,17-,18-,19-,20-,21-,22+,23+,24-/m1/s1. The van der Waals surface area contributed by atoms with Crippen LogP contribution < -0.4 is 0 Å². The Balaban J connectivity index is 1.43. The molecule has 0 saturated carbocycles. The minimum absolute atomic E-state index is 0.648. The summed E-state index contributed by atoms with van der Waals surface area (Å²) in [7, 11) is 0. The quantitative estimate of drug-likeness (QED) is 0.101. The number of aliphatic hydroxyl groups excluding tert-OH is 14. The second kappa shape index (κ2) is 16.1. The lowest BCUT2D eigenvalue weighted by molar-refractivity contribution is -0.343. The van der Waals surface area contributed by atoms with Crippen molar-refractivity contribution >= 4 is 23.5 Å². The van der Waals surface area contributed by atoms with Gasteiger partial charge in [0.25, 0.3) is 0 Å². The molecule has 4 heterocycles. The van der Waals surface area contributed by atoms with Crippen molar-refractivity contribution in [3.8, 4) is 0 Å². The van der Waals surface area contributed by atoms with E-state index in [-0.39, 0.29) is 0 Å². The zero-order valence-electron chi connectivity index (χ0n) is 23.5. The van der Waals surface area contributed by atoms with E-state index in [1.54, 1.807) is 0 Å². The first-order valence-corrected chi connectivity index (χ1v) is 16.0. The van der Waals surface area contributed by atoms with Crippen LogP contribution in [0.1, 0.15) is 0 Å². The molecule has 20 atom stereocenters. The number of hydrogen-bond acceptors (Lipinski definition) is 21. The molecular formula is C24H42O19S2. The molecule has 264 valence electrons. The Morgan fingerprint density at radius 2 is 0.889 bits per heavy atom. The van der Waals surface area contributed by atoms with Crippen molar-refractivity contribution < 1.29 is 95.2 Å². The molecule has 0 bridgehead atoms. The molecule has 0 amide bonds. The Hall–Kier alpha value is -0.0600. The van der Waals surface area contributed by atoms with E-state index in [4.69, 9.17) is 23.7 Å². The SMILES string of the molecule is OC[C@H]1O[C@@H](S[C@H]2[C@H](O)[C@@H](O)[C@@H](S[C@H]3[C@H](O)[C@@H](O)[C@H](O[C@H]4[C@H](O)[C@@H](O)[C@H](O)O[C@@H]4CO)O[C@@H]3CO)O[C@@H]2CO)[C@H](O)[C@@H](O)[C@@H]1O. The van der Waals surface area contributed by atoms with Crippen LogP contribution in [0.4, 0.5) is 0 Å². The summed E-state index contributed by atoms with van der Waals surface area (Å²) in [6.45, 7) is -2.98. The van der Waals surface area contributed by atoms with Crippen molar-refractivity contribution in [3.05, 3.63) is 0 Å². The van der Waals surface area contributed by atoms with Gasteiger partial charge in [0, 0.05) is 0 Å². The summed E-state index contributed by atoms with van der Waals surface area (Å²) in [5.74, 6) is 0. The number of thioether (sulfide) groups is 2. The maximum atomic E-state index is 11.0. The minimum Gasteiger partial charge on any atom is -0.394 e. The summed E-state index contributed by atoms with van der Waals surface area (Å²) in [5, 5.41) is 141. The van der Waals surface area contributed by atoms with Crippen molar-refractivity contribution in [3.63, 3.8) is 0 Å². The van der Waals surface area contributed by atoms with Gasteiger partial charge in [-0.2, -0.15) is 0 Å². The second-order valence-electron chi connectivity index (χ2n) is 11.1. The van der Waals surface area contributed by atoms with Crippen molar-refractivity contribution in [2.24, 2.45) is 0 Å². The van der Waals surface area contributed by atoms with Crippen molar-refractivity contribution in [2.75, 3.05) is 26.4 Å². The van der Waals surface area contributed by atoms with Gasteiger partial charge in [-0.3, -0.25) is 0 Å². The van der Waals surface area contributed by atoms with Gasteiger partial charge >= 0.3 is 0 Å². The fourth-order valence-electron chi connectivity index (χ4n) is 5.55. The monoisotopic (exact) mass is 698 g/mol. The molecular weight excluding hydrogens is 656 g/mol. The average Bonchev–Trinajstić information content (AvgIpc) is 3.03. The van der Waals surface area contributed by atoms with Crippen LogP contribution in [-0.4, -0.2) is 217 Å². The molecule has 0 aliphatic carbocycles. The molecule has 0 aromatic heterocycles. The first kappa shape index (κ1) is 37.8. The molecule has 4 fully saturated rings. The van der Waals surface area contributed by atoms with E-state index < -0.39 is 146 Å².